The van der Waals surface area contributed by atoms with Gasteiger partial charge in [-0.25, -0.2) is 13.1 Å². The molecule has 1 rings (SSSR count). The Kier molecular flexibility index (Phi) is 5.04. The van der Waals surface area contributed by atoms with Crippen LogP contribution in [-0.2, 0) is 19.6 Å². The van der Waals surface area contributed by atoms with Gasteiger partial charge in [0.15, 0.2) is 0 Å². The second-order valence-electron chi connectivity index (χ2n) is 4.14. The largest absolute Gasteiger partial charge is 0.322 e. The van der Waals surface area contributed by atoms with Crippen LogP contribution >= 0.6 is 0 Å². The normalized spacial score (nSPS) is 10.7. The lowest BCUT2D eigenvalue weighted by Gasteiger charge is -2.08. The number of sulfonamides is 1. The van der Waals surface area contributed by atoms with Crippen molar-refractivity contribution in [1.82, 2.24) is 4.72 Å². The zero-order chi connectivity index (χ0) is 15.3. The third kappa shape index (κ3) is 4.20. The van der Waals surface area contributed by atoms with Crippen LogP contribution in [0, 0.1) is 0 Å². The minimum absolute atomic E-state index is 0.0485. The zero-order valence-corrected chi connectivity index (χ0v) is 12.1. The quantitative estimate of drug-likeness (QED) is 0.804. The van der Waals surface area contributed by atoms with Crippen molar-refractivity contribution >= 4 is 27.5 Å². The standard InChI is InChI=1S/C13H16N2O4S/c1-4-12(16)15-20(18,19)11-7-5-10(6-8-11)14-13(17)9(2)3/h5-8H,2,4H2,1,3H3,(H,14,17)(H,15,16). The summed E-state index contributed by atoms with van der Waals surface area (Å²) in [6, 6.07) is 5.48. The van der Waals surface area contributed by atoms with Gasteiger partial charge in [0.2, 0.25) is 5.91 Å². The van der Waals surface area contributed by atoms with Crippen molar-refractivity contribution in [3.8, 4) is 0 Å². The van der Waals surface area contributed by atoms with Crippen LogP contribution < -0.4 is 10.0 Å². The average molecular weight is 296 g/mol. The lowest BCUT2D eigenvalue weighted by atomic mass is 10.3. The third-order valence-corrected chi connectivity index (χ3v) is 3.77. The smallest absolute Gasteiger partial charge is 0.264 e. The predicted octanol–water partition coefficient (Wildman–Crippen LogP) is 1.42. The van der Waals surface area contributed by atoms with Crippen molar-refractivity contribution in [2.75, 3.05) is 5.32 Å². The van der Waals surface area contributed by atoms with Crippen LogP contribution in [0.15, 0.2) is 41.3 Å². The van der Waals surface area contributed by atoms with Crippen molar-refractivity contribution in [1.29, 1.82) is 0 Å². The molecule has 2 amide bonds. The summed E-state index contributed by atoms with van der Waals surface area (Å²) in [5.74, 6) is -0.926. The van der Waals surface area contributed by atoms with Crippen molar-refractivity contribution in [2.24, 2.45) is 0 Å². The Hall–Kier alpha value is -2.15. The summed E-state index contributed by atoms with van der Waals surface area (Å²) in [4.78, 5) is 22.5. The van der Waals surface area contributed by atoms with Crippen molar-refractivity contribution in [3.63, 3.8) is 0 Å². The molecule has 0 fully saturated rings. The Morgan fingerprint density at radius 3 is 2.20 bits per heavy atom. The first-order chi connectivity index (χ1) is 9.26. The van der Waals surface area contributed by atoms with Gasteiger partial charge in [0, 0.05) is 17.7 Å². The third-order valence-electron chi connectivity index (χ3n) is 2.38. The molecule has 6 nitrogen and oxygen atoms in total. The molecule has 0 aromatic heterocycles. The van der Waals surface area contributed by atoms with Crippen LogP contribution in [0.1, 0.15) is 20.3 Å². The summed E-state index contributed by atoms with van der Waals surface area (Å²) >= 11 is 0. The number of carbonyl (C=O) groups is 2. The summed E-state index contributed by atoms with van der Waals surface area (Å²) in [6.45, 7) is 6.62. The van der Waals surface area contributed by atoms with Crippen molar-refractivity contribution < 1.29 is 18.0 Å². The first kappa shape index (κ1) is 15.9. The maximum absolute atomic E-state index is 11.8. The maximum Gasteiger partial charge on any atom is 0.264 e. The lowest BCUT2D eigenvalue weighted by Crippen LogP contribution is -2.29. The average Bonchev–Trinajstić information content (AvgIpc) is 2.38. The summed E-state index contributed by atoms with van der Waals surface area (Å²) in [5.41, 5.74) is 0.788. The van der Waals surface area contributed by atoms with Gasteiger partial charge in [-0.2, -0.15) is 0 Å². The van der Waals surface area contributed by atoms with Gasteiger partial charge in [0.05, 0.1) is 4.90 Å². The van der Waals surface area contributed by atoms with Gasteiger partial charge >= 0.3 is 0 Å². The Labute approximate surface area is 117 Å². The molecule has 108 valence electrons. The van der Waals surface area contributed by atoms with Crippen molar-refractivity contribution in [2.45, 2.75) is 25.2 Å². The molecule has 0 unspecified atom stereocenters. The van der Waals surface area contributed by atoms with Gasteiger partial charge in [0.1, 0.15) is 0 Å². The number of amides is 2. The van der Waals surface area contributed by atoms with Gasteiger partial charge in [0.25, 0.3) is 15.9 Å². The molecule has 0 radical (unpaired) electrons. The molecule has 0 aliphatic heterocycles. The monoisotopic (exact) mass is 296 g/mol. The minimum Gasteiger partial charge on any atom is -0.322 e. The second-order valence-corrected chi connectivity index (χ2v) is 5.82. The number of carbonyl (C=O) groups excluding carboxylic acids is 2. The van der Waals surface area contributed by atoms with Gasteiger partial charge < -0.3 is 5.32 Å². The van der Waals surface area contributed by atoms with Gasteiger partial charge in [-0.15, -0.1) is 0 Å². The molecule has 0 saturated carbocycles. The first-order valence-corrected chi connectivity index (χ1v) is 7.37. The Morgan fingerprint density at radius 2 is 1.75 bits per heavy atom. The SMILES string of the molecule is C=C(C)C(=O)Nc1ccc(S(=O)(=O)NC(=O)CC)cc1. The number of benzene rings is 1. The highest BCUT2D eigenvalue weighted by molar-refractivity contribution is 7.90. The molecule has 0 aliphatic carbocycles. The molecular weight excluding hydrogens is 280 g/mol. The summed E-state index contributed by atoms with van der Waals surface area (Å²) in [5, 5.41) is 2.55. The number of hydrogen-bond acceptors (Lipinski definition) is 4. The van der Waals surface area contributed by atoms with E-state index in [-0.39, 0.29) is 17.2 Å². The van der Waals surface area contributed by atoms with E-state index in [1.165, 1.54) is 24.3 Å². The number of nitrogens with one attached hydrogen (secondary N) is 2. The van der Waals surface area contributed by atoms with Crippen LogP contribution in [0.5, 0.6) is 0 Å². The van der Waals surface area contributed by atoms with E-state index in [4.69, 9.17) is 0 Å². The predicted molar refractivity (Wildman–Crippen MR) is 75.5 cm³/mol. The lowest BCUT2D eigenvalue weighted by molar-refractivity contribution is -0.119. The highest BCUT2D eigenvalue weighted by atomic mass is 32.2. The number of rotatable bonds is 5. The van der Waals surface area contributed by atoms with Crippen LogP contribution in [-0.4, -0.2) is 20.2 Å². The number of hydrogen-bond donors (Lipinski definition) is 2. The number of anilines is 1. The van der Waals surface area contributed by atoms with Gasteiger partial charge in [-0.3, -0.25) is 9.59 Å². The minimum atomic E-state index is -3.86. The molecule has 0 bridgehead atoms. The topological polar surface area (TPSA) is 92.3 Å². The molecule has 20 heavy (non-hydrogen) atoms. The van der Waals surface area contributed by atoms with Crippen LogP contribution in [0.4, 0.5) is 5.69 Å². The van der Waals surface area contributed by atoms with E-state index >= 15 is 0 Å². The van der Waals surface area contributed by atoms with Gasteiger partial charge in [-0.05, 0) is 31.2 Å². The molecular formula is C13H16N2O4S. The fraction of sp³-hybridized carbons (Fsp3) is 0.231. The molecule has 7 heteroatoms. The van der Waals surface area contributed by atoms with E-state index in [1.807, 2.05) is 4.72 Å². The molecule has 0 saturated heterocycles. The van der Waals surface area contributed by atoms with Crippen LogP contribution in [0.25, 0.3) is 0 Å². The zero-order valence-electron chi connectivity index (χ0n) is 11.3. The molecule has 1 aromatic rings. The Balaban J connectivity index is 2.88. The maximum atomic E-state index is 11.8. The van der Waals surface area contributed by atoms with Crippen LogP contribution in [0.3, 0.4) is 0 Å². The van der Waals surface area contributed by atoms with E-state index in [0.29, 0.717) is 11.3 Å². The molecule has 0 aliphatic rings. The molecule has 0 atom stereocenters. The summed E-state index contributed by atoms with van der Waals surface area (Å²) in [6.07, 6.45) is 0.0754. The van der Waals surface area contributed by atoms with E-state index in [1.54, 1.807) is 13.8 Å². The van der Waals surface area contributed by atoms with E-state index in [0.717, 1.165) is 0 Å². The fourth-order valence-corrected chi connectivity index (χ4v) is 2.29. The second kappa shape index (κ2) is 6.33. The Bertz CT molecular complexity index is 633. The summed E-state index contributed by atoms with van der Waals surface area (Å²) < 4.78 is 25.6. The van der Waals surface area contributed by atoms with E-state index in [2.05, 4.69) is 11.9 Å². The highest BCUT2D eigenvalue weighted by Crippen LogP contribution is 2.14. The highest BCUT2D eigenvalue weighted by Gasteiger charge is 2.16. The van der Waals surface area contributed by atoms with Crippen LogP contribution in [0.2, 0.25) is 0 Å². The fourth-order valence-electron chi connectivity index (χ4n) is 1.24. The van der Waals surface area contributed by atoms with E-state index < -0.39 is 15.9 Å². The Morgan fingerprint density at radius 1 is 1.20 bits per heavy atom. The van der Waals surface area contributed by atoms with E-state index in [9.17, 15) is 18.0 Å². The first-order valence-electron chi connectivity index (χ1n) is 5.89. The molecule has 0 heterocycles. The van der Waals surface area contributed by atoms with Gasteiger partial charge in [-0.1, -0.05) is 13.5 Å². The van der Waals surface area contributed by atoms with Crippen molar-refractivity contribution in [3.05, 3.63) is 36.4 Å². The molecule has 2 N–H and O–H groups in total. The molecule has 0 spiro atoms. The summed E-state index contributed by atoms with van der Waals surface area (Å²) in [7, 11) is -3.86. The molecule has 1 aromatic carbocycles.